The van der Waals surface area contributed by atoms with E-state index in [0.29, 0.717) is 11.8 Å². The molecule has 0 aromatic rings. The smallest absolute Gasteiger partial charge is 0.0658 e. The number of nitriles is 2. The van der Waals surface area contributed by atoms with Crippen molar-refractivity contribution >= 4 is 0 Å². The maximum Gasteiger partial charge on any atom is 0.0658 e. The van der Waals surface area contributed by atoms with Gasteiger partial charge in [-0.1, -0.05) is 12.8 Å². The van der Waals surface area contributed by atoms with Crippen molar-refractivity contribution in [3.63, 3.8) is 0 Å². The SMILES string of the molecule is N#CC1CCCC1C1CCCC1C#N. The predicted octanol–water partition coefficient (Wildman–Crippen LogP) is 2.87. The Balaban J connectivity index is 2.07. The van der Waals surface area contributed by atoms with Gasteiger partial charge in [0.15, 0.2) is 0 Å². The van der Waals surface area contributed by atoms with Crippen LogP contribution < -0.4 is 0 Å². The van der Waals surface area contributed by atoms with Crippen molar-refractivity contribution < 1.29 is 0 Å². The molecule has 0 amide bonds. The summed E-state index contributed by atoms with van der Waals surface area (Å²) in [6.45, 7) is 0. The van der Waals surface area contributed by atoms with Crippen LogP contribution >= 0.6 is 0 Å². The van der Waals surface area contributed by atoms with Gasteiger partial charge in [-0.2, -0.15) is 10.5 Å². The average Bonchev–Trinajstić information content (AvgIpc) is 2.85. The third-order valence-electron chi connectivity index (χ3n) is 4.02. The van der Waals surface area contributed by atoms with E-state index < -0.39 is 0 Å². The molecular weight excluding hydrogens is 172 g/mol. The summed E-state index contributed by atoms with van der Waals surface area (Å²) in [5, 5.41) is 18.0. The number of hydrogen-bond acceptors (Lipinski definition) is 2. The highest BCUT2D eigenvalue weighted by Gasteiger charge is 2.40. The molecule has 4 atom stereocenters. The molecule has 2 aliphatic carbocycles. The molecule has 0 bridgehead atoms. The minimum atomic E-state index is 0.244. The molecule has 2 rings (SSSR count). The number of rotatable bonds is 1. The summed E-state index contributed by atoms with van der Waals surface area (Å²) >= 11 is 0. The van der Waals surface area contributed by atoms with E-state index in [9.17, 15) is 0 Å². The molecule has 0 radical (unpaired) electrons. The predicted molar refractivity (Wildman–Crippen MR) is 52.9 cm³/mol. The summed E-state index contributed by atoms with van der Waals surface area (Å²) in [4.78, 5) is 0. The molecule has 2 fully saturated rings. The van der Waals surface area contributed by atoms with Crippen LogP contribution in [-0.4, -0.2) is 0 Å². The fourth-order valence-corrected chi connectivity index (χ4v) is 3.32. The first kappa shape index (κ1) is 9.53. The molecule has 2 heteroatoms. The topological polar surface area (TPSA) is 47.6 Å². The van der Waals surface area contributed by atoms with Crippen LogP contribution in [0.15, 0.2) is 0 Å². The first-order chi connectivity index (χ1) is 6.86. The van der Waals surface area contributed by atoms with Gasteiger partial charge in [0.25, 0.3) is 0 Å². The molecule has 2 aliphatic rings. The lowest BCUT2D eigenvalue weighted by molar-refractivity contribution is 0.269. The number of nitrogens with zero attached hydrogens (tertiary/aromatic N) is 2. The van der Waals surface area contributed by atoms with Gasteiger partial charge in [0.1, 0.15) is 0 Å². The second kappa shape index (κ2) is 4.01. The van der Waals surface area contributed by atoms with Crippen molar-refractivity contribution in [2.24, 2.45) is 23.7 Å². The summed E-state index contributed by atoms with van der Waals surface area (Å²) in [7, 11) is 0. The van der Waals surface area contributed by atoms with Crippen LogP contribution in [0.1, 0.15) is 38.5 Å². The molecule has 0 aromatic carbocycles. The highest BCUT2D eigenvalue weighted by molar-refractivity contribution is 5.02. The molecular formula is C12H16N2. The first-order valence-corrected chi connectivity index (χ1v) is 5.66. The van der Waals surface area contributed by atoms with Gasteiger partial charge < -0.3 is 0 Å². The van der Waals surface area contributed by atoms with Crippen LogP contribution in [0, 0.1) is 46.3 Å². The summed E-state index contributed by atoms with van der Waals surface area (Å²) in [6.07, 6.45) is 6.88. The van der Waals surface area contributed by atoms with Gasteiger partial charge in [-0.15, -0.1) is 0 Å². The number of hydrogen-bond donors (Lipinski definition) is 0. The Hall–Kier alpha value is -1.02. The highest BCUT2D eigenvalue weighted by atomic mass is 14.5. The summed E-state index contributed by atoms with van der Waals surface area (Å²) in [5.74, 6) is 1.56. The Morgan fingerprint density at radius 2 is 1.14 bits per heavy atom. The van der Waals surface area contributed by atoms with E-state index in [4.69, 9.17) is 10.5 Å². The van der Waals surface area contributed by atoms with Crippen molar-refractivity contribution in [3.8, 4) is 12.1 Å². The average molecular weight is 188 g/mol. The van der Waals surface area contributed by atoms with Crippen molar-refractivity contribution in [1.82, 2.24) is 0 Å². The molecule has 0 aliphatic heterocycles. The molecule has 0 heterocycles. The fraction of sp³-hybridized carbons (Fsp3) is 0.833. The van der Waals surface area contributed by atoms with Crippen LogP contribution in [0.5, 0.6) is 0 Å². The lowest BCUT2D eigenvalue weighted by Crippen LogP contribution is -2.20. The minimum absolute atomic E-state index is 0.244. The van der Waals surface area contributed by atoms with Crippen LogP contribution in [0.2, 0.25) is 0 Å². The third-order valence-corrected chi connectivity index (χ3v) is 4.02. The van der Waals surface area contributed by atoms with E-state index in [1.165, 1.54) is 25.7 Å². The monoisotopic (exact) mass is 188 g/mol. The molecule has 0 aromatic heterocycles. The second-order valence-electron chi connectivity index (χ2n) is 4.66. The normalized spacial score (nSPS) is 41.9. The lowest BCUT2D eigenvalue weighted by atomic mass is 9.79. The first-order valence-electron chi connectivity index (χ1n) is 5.66. The van der Waals surface area contributed by atoms with Gasteiger partial charge in [0.2, 0.25) is 0 Å². The molecule has 14 heavy (non-hydrogen) atoms. The summed E-state index contributed by atoms with van der Waals surface area (Å²) < 4.78 is 0. The Kier molecular flexibility index (Phi) is 2.73. The summed E-state index contributed by atoms with van der Waals surface area (Å²) in [6, 6.07) is 4.85. The van der Waals surface area contributed by atoms with Crippen molar-refractivity contribution in [1.29, 1.82) is 10.5 Å². The molecule has 74 valence electrons. The molecule has 2 saturated carbocycles. The zero-order valence-corrected chi connectivity index (χ0v) is 8.45. The minimum Gasteiger partial charge on any atom is -0.198 e. The van der Waals surface area contributed by atoms with E-state index in [1.54, 1.807) is 0 Å². The molecule has 0 saturated heterocycles. The van der Waals surface area contributed by atoms with E-state index in [-0.39, 0.29) is 11.8 Å². The Bertz CT molecular complexity index is 254. The Morgan fingerprint density at radius 1 is 0.714 bits per heavy atom. The second-order valence-corrected chi connectivity index (χ2v) is 4.66. The van der Waals surface area contributed by atoms with Gasteiger partial charge in [-0.3, -0.25) is 0 Å². The lowest BCUT2D eigenvalue weighted by Gasteiger charge is -2.23. The van der Waals surface area contributed by atoms with Crippen LogP contribution in [0.4, 0.5) is 0 Å². The summed E-state index contributed by atoms with van der Waals surface area (Å²) in [5.41, 5.74) is 0. The standard InChI is InChI=1S/C12H16N2/c13-7-9-3-1-5-11(9)12-6-2-4-10(12)8-14/h9-12H,1-6H2. The maximum absolute atomic E-state index is 9.02. The van der Waals surface area contributed by atoms with E-state index in [2.05, 4.69) is 12.1 Å². The molecule has 0 spiro atoms. The zero-order valence-electron chi connectivity index (χ0n) is 8.45. The van der Waals surface area contributed by atoms with E-state index >= 15 is 0 Å². The zero-order chi connectivity index (χ0) is 9.97. The van der Waals surface area contributed by atoms with Crippen LogP contribution in [0.3, 0.4) is 0 Å². The highest BCUT2D eigenvalue weighted by Crippen LogP contribution is 2.46. The quantitative estimate of drug-likeness (QED) is 0.635. The van der Waals surface area contributed by atoms with Crippen molar-refractivity contribution in [3.05, 3.63) is 0 Å². The van der Waals surface area contributed by atoms with Gasteiger partial charge in [0, 0.05) is 11.8 Å². The molecule has 4 unspecified atom stereocenters. The molecule has 2 nitrogen and oxygen atoms in total. The van der Waals surface area contributed by atoms with Crippen molar-refractivity contribution in [2.75, 3.05) is 0 Å². The van der Waals surface area contributed by atoms with E-state index in [1.807, 2.05) is 0 Å². The van der Waals surface area contributed by atoms with Gasteiger partial charge in [-0.05, 0) is 37.5 Å². The fourth-order valence-electron chi connectivity index (χ4n) is 3.32. The van der Waals surface area contributed by atoms with E-state index in [0.717, 1.165) is 12.8 Å². The van der Waals surface area contributed by atoms with Crippen molar-refractivity contribution in [2.45, 2.75) is 38.5 Å². The third kappa shape index (κ3) is 1.50. The maximum atomic E-state index is 9.02. The van der Waals surface area contributed by atoms with Gasteiger partial charge >= 0.3 is 0 Å². The largest absolute Gasteiger partial charge is 0.198 e. The van der Waals surface area contributed by atoms with Crippen LogP contribution in [0.25, 0.3) is 0 Å². The Morgan fingerprint density at radius 3 is 1.50 bits per heavy atom. The van der Waals surface area contributed by atoms with Gasteiger partial charge in [0.05, 0.1) is 12.1 Å². The van der Waals surface area contributed by atoms with Gasteiger partial charge in [-0.25, -0.2) is 0 Å². The van der Waals surface area contributed by atoms with Crippen LogP contribution in [-0.2, 0) is 0 Å². The Labute approximate surface area is 85.5 Å². The molecule has 0 N–H and O–H groups in total.